The first-order chi connectivity index (χ1) is 16.0. The van der Waals surface area contributed by atoms with Crippen LogP contribution in [-0.4, -0.2) is 52.7 Å². The number of halogens is 2. The minimum absolute atomic E-state index is 0.0377. The Labute approximate surface area is 186 Å². The van der Waals surface area contributed by atoms with Crippen LogP contribution in [0.15, 0.2) is 31.0 Å². The Morgan fingerprint density at radius 1 is 1.18 bits per heavy atom. The van der Waals surface area contributed by atoms with E-state index in [0.29, 0.717) is 28.8 Å². The minimum atomic E-state index is -0.604. The van der Waals surface area contributed by atoms with Gasteiger partial charge in [-0.1, -0.05) is 0 Å². The summed E-state index contributed by atoms with van der Waals surface area (Å²) in [6.45, 7) is 0. The van der Waals surface area contributed by atoms with E-state index in [9.17, 15) is 13.6 Å². The molecule has 0 radical (unpaired) electrons. The largest absolute Gasteiger partial charge is 0.365 e. The number of hydrogen-bond acceptors (Lipinski definition) is 7. The standard InChI is InChI=1S/C21H21F2N9O/c1-32-10-24-9-16(32)21(33)28-13-4-2-3-12(6-13)27-19-15(23)8-26-20(29-19)17-14-5-11(22)7-25-18(14)31-30-17/h5,7-10,12-13H,2-4,6H2,1H3,(H,28,33)(H,25,30,31)(H,26,27,29). The van der Waals surface area contributed by atoms with Gasteiger partial charge in [-0.15, -0.1) is 0 Å². The monoisotopic (exact) mass is 453 g/mol. The molecule has 1 aliphatic carbocycles. The summed E-state index contributed by atoms with van der Waals surface area (Å²) in [7, 11) is 1.76. The molecule has 5 rings (SSSR count). The lowest BCUT2D eigenvalue weighted by molar-refractivity contribution is 0.0918. The number of nitrogens with one attached hydrogen (secondary N) is 3. The molecule has 1 saturated carbocycles. The molecule has 4 heterocycles. The number of rotatable bonds is 5. The highest BCUT2D eigenvalue weighted by Gasteiger charge is 2.26. The maximum absolute atomic E-state index is 14.5. The fourth-order valence-corrected chi connectivity index (χ4v) is 4.11. The van der Waals surface area contributed by atoms with Crippen LogP contribution < -0.4 is 10.6 Å². The SMILES string of the molecule is Cn1cncc1C(=O)NC1CCCC(Nc2nc(-c3[nH]nc4ncc(F)cc34)ncc2F)C1. The fourth-order valence-electron chi connectivity index (χ4n) is 4.11. The predicted octanol–water partition coefficient (Wildman–Crippen LogP) is 2.58. The third kappa shape index (κ3) is 4.23. The third-order valence-electron chi connectivity index (χ3n) is 5.74. The quantitative estimate of drug-likeness (QED) is 0.424. The molecule has 0 bridgehead atoms. The van der Waals surface area contributed by atoms with Gasteiger partial charge in [-0.25, -0.2) is 28.7 Å². The number of nitrogens with zero attached hydrogens (tertiary/aromatic N) is 6. The molecule has 1 aliphatic rings. The van der Waals surface area contributed by atoms with Crippen molar-refractivity contribution >= 4 is 22.8 Å². The topological polar surface area (TPSA) is 126 Å². The van der Waals surface area contributed by atoms with E-state index in [2.05, 4.69) is 40.8 Å². The molecule has 1 amide bonds. The lowest BCUT2D eigenvalue weighted by atomic mass is 9.91. The number of carbonyl (C=O) groups is 1. The highest BCUT2D eigenvalue weighted by atomic mass is 19.1. The summed E-state index contributed by atoms with van der Waals surface area (Å²) in [6, 6.07) is 1.12. The maximum Gasteiger partial charge on any atom is 0.269 e. The van der Waals surface area contributed by atoms with Gasteiger partial charge in [0.15, 0.2) is 23.1 Å². The van der Waals surface area contributed by atoms with Crippen LogP contribution in [-0.2, 0) is 7.05 Å². The van der Waals surface area contributed by atoms with Gasteiger partial charge in [-0.2, -0.15) is 5.10 Å². The van der Waals surface area contributed by atoms with Crippen LogP contribution in [0, 0.1) is 11.6 Å². The highest BCUT2D eigenvalue weighted by Crippen LogP contribution is 2.27. The number of pyridine rings is 1. The number of carbonyl (C=O) groups excluding carboxylic acids is 1. The zero-order chi connectivity index (χ0) is 22.9. The van der Waals surface area contributed by atoms with Crippen molar-refractivity contribution in [2.24, 2.45) is 7.05 Å². The second-order valence-electron chi connectivity index (χ2n) is 8.08. The van der Waals surface area contributed by atoms with Gasteiger partial charge in [-0.3, -0.25) is 9.89 Å². The van der Waals surface area contributed by atoms with Gasteiger partial charge in [0, 0.05) is 19.1 Å². The van der Waals surface area contributed by atoms with Gasteiger partial charge in [0.2, 0.25) is 0 Å². The lowest BCUT2D eigenvalue weighted by Crippen LogP contribution is -2.42. The molecule has 4 aromatic rings. The van der Waals surface area contributed by atoms with Crippen molar-refractivity contribution in [2.75, 3.05) is 5.32 Å². The summed E-state index contributed by atoms with van der Waals surface area (Å²) in [5.41, 5.74) is 1.15. The van der Waals surface area contributed by atoms with Crippen LogP contribution in [0.1, 0.15) is 36.2 Å². The Hall–Kier alpha value is -3.96. The van der Waals surface area contributed by atoms with E-state index in [4.69, 9.17) is 0 Å². The van der Waals surface area contributed by atoms with Crippen molar-refractivity contribution in [2.45, 2.75) is 37.8 Å². The van der Waals surface area contributed by atoms with E-state index >= 15 is 0 Å². The molecule has 170 valence electrons. The Bertz CT molecular complexity index is 1320. The Balaban J connectivity index is 1.32. The number of aromatic nitrogens is 7. The van der Waals surface area contributed by atoms with E-state index in [1.54, 1.807) is 17.9 Å². The Morgan fingerprint density at radius 3 is 2.85 bits per heavy atom. The normalized spacial score (nSPS) is 18.4. The molecule has 0 aliphatic heterocycles. The number of anilines is 1. The number of hydrogen-bond donors (Lipinski definition) is 3. The smallest absolute Gasteiger partial charge is 0.269 e. The number of H-pyrrole nitrogens is 1. The van der Waals surface area contributed by atoms with Crippen LogP contribution in [0.5, 0.6) is 0 Å². The Morgan fingerprint density at radius 2 is 2.03 bits per heavy atom. The van der Waals surface area contributed by atoms with Crippen molar-refractivity contribution in [3.63, 3.8) is 0 Å². The van der Waals surface area contributed by atoms with Crippen molar-refractivity contribution in [1.29, 1.82) is 0 Å². The van der Waals surface area contributed by atoms with Gasteiger partial charge in [0.1, 0.15) is 17.2 Å². The molecule has 3 N–H and O–H groups in total. The molecule has 2 atom stereocenters. The molecule has 4 aromatic heterocycles. The first kappa shape index (κ1) is 20.9. The molecule has 1 fully saturated rings. The molecule has 33 heavy (non-hydrogen) atoms. The number of aromatic amines is 1. The molecule has 0 aromatic carbocycles. The molecular weight excluding hydrogens is 432 g/mol. The fraction of sp³-hybridized carbons (Fsp3) is 0.333. The van der Waals surface area contributed by atoms with Gasteiger partial charge in [0.05, 0.1) is 30.3 Å². The van der Waals surface area contributed by atoms with E-state index in [-0.39, 0.29) is 29.6 Å². The zero-order valence-electron chi connectivity index (χ0n) is 17.7. The molecule has 10 nitrogen and oxygen atoms in total. The van der Waals surface area contributed by atoms with Crippen molar-refractivity contribution in [3.05, 3.63) is 48.3 Å². The van der Waals surface area contributed by atoms with Crippen LogP contribution in [0.4, 0.5) is 14.6 Å². The first-order valence-electron chi connectivity index (χ1n) is 10.5. The van der Waals surface area contributed by atoms with Crippen LogP contribution >= 0.6 is 0 Å². The molecule has 0 spiro atoms. The summed E-state index contributed by atoms with van der Waals surface area (Å²) in [6.07, 6.45) is 8.34. The Kier molecular flexibility index (Phi) is 5.40. The second-order valence-corrected chi connectivity index (χ2v) is 8.08. The average Bonchev–Trinajstić information content (AvgIpc) is 3.41. The van der Waals surface area contributed by atoms with Gasteiger partial charge in [-0.05, 0) is 31.7 Å². The van der Waals surface area contributed by atoms with Gasteiger partial charge < -0.3 is 15.2 Å². The number of fused-ring (bicyclic) bond motifs is 1. The summed E-state index contributed by atoms with van der Waals surface area (Å²) in [4.78, 5) is 28.7. The van der Waals surface area contributed by atoms with E-state index in [1.807, 2.05) is 0 Å². The van der Waals surface area contributed by atoms with Crippen LogP contribution in [0.25, 0.3) is 22.6 Å². The van der Waals surface area contributed by atoms with Crippen molar-refractivity contribution in [3.8, 4) is 11.5 Å². The third-order valence-corrected chi connectivity index (χ3v) is 5.74. The summed E-state index contributed by atoms with van der Waals surface area (Å²) >= 11 is 0. The van der Waals surface area contributed by atoms with E-state index in [1.165, 1.54) is 12.3 Å². The summed E-state index contributed by atoms with van der Waals surface area (Å²) in [5.74, 6) is -1.11. The van der Waals surface area contributed by atoms with Crippen molar-refractivity contribution in [1.82, 2.24) is 40.0 Å². The average molecular weight is 453 g/mol. The first-order valence-corrected chi connectivity index (χ1v) is 10.5. The van der Waals surface area contributed by atoms with Gasteiger partial charge in [0.25, 0.3) is 5.91 Å². The number of amides is 1. The molecular formula is C21H21F2N9O. The highest BCUT2D eigenvalue weighted by molar-refractivity contribution is 5.92. The molecule has 2 unspecified atom stereocenters. The molecule has 12 heteroatoms. The molecule has 0 saturated heterocycles. The maximum atomic E-state index is 14.5. The predicted molar refractivity (Wildman–Crippen MR) is 115 cm³/mol. The van der Waals surface area contributed by atoms with E-state index < -0.39 is 11.6 Å². The lowest BCUT2D eigenvalue weighted by Gasteiger charge is -2.30. The van der Waals surface area contributed by atoms with E-state index in [0.717, 1.165) is 31.7 Å². The zero-order valence-corrected chi connectivity index (χ0v) is 17.7. The number of imidazole rings is 1. The minimum Gasteiger partial charge on any atom is -0.365 e. The van der Waals surface area contributed by atoms with Crippen molar-refractivity contribution < 1.29 is 13.6 Å². The summed E-state index contributed by atoms with van der Waals surface area (Å²) in [5, 5.41) is 13.3. The van der Waals surface area contributed by atoms with Crippen LogP contribution in [0.2, 0.25) is 0 Å². The summed E-state index contributed by atoms with van der Waals surface area (Å²) < 4.78 is 29.8. The number of aryl methyl sites for hydroxylation is 1. The van der Waals surface area contributed by atoms with Gasteiger partial charge >= 0.3 is 0 Å². The second kappa shape index (κ2) is 8.52. The van der Waals surface area contributed by atoms with Crippen LogP contribution in [0.3, 0.4) is 0 Å².